The summed E-state index contributed by atoms with van der Waals surface area (Å²) in [5.74, 6) is -0.210. The van der Waals surface area contributed by atoms with Crippen molar-refractivity contribution in [2.75, 3.05) is 0 Å². The lowest BCUT2D eigenvalue weighted by Gasteiger charge is -2.04. The minimum absolute atomic E-state index is 0.451. The van der Waals surface area contributed by atoms with Gasteiger partial charge >= 0.3 is 5.97 Å². The van der Waals surface area contributed by atoms with Gasteiger partial charge in [0.1, 0.15) is 5.25 Å². The van der Waals surface area contributed by atoms with Gasteiger partial charge < -0.3 is 5.11 Å². The van der Waals surface area contributed by atoms with Crippen LogP contribution in [0.15, 0.2) is 33.9 Å². The molecule has 0 saturated heterocycles. The Morgan fingerprint density at radius 3 is 2.74 bits per heavy atom. The van der Waals surface area contributed by atoms with Gasteiger partial charge in [-0.2, -0.15) is 0 Å². The first-order valence-electron chi connectivity index (χ1n) is 5.68. The third-order valence-corrected chi connectivity index (χ3v) is 4.22. The van der Waals surface area contributed by atoms with Crippen molar-refractivity contribution in [1.29, 1.82) is 0 Å². The van der Waals surface area contributed by atoms with Gasteiger partial charge in [-0.05, 0) is 18.6 Å². The van der Waals surface area contributed by atoms with Gasteiger partial charge in [-0.15, -0.1) is 5.10 Å². The van der Waals surface area contributed by atoms with Crippen molar-refractivity contribution in [3.8, 4) is 11.4 Å². The van der Waals surface area contributed by atoms with E-state index in [9.17, 15) is 4.79 Å². The van der Waals surface area contributed by atoms with Crippen molar-refractivity contribution in [1.82, 2.24) is 15.2 Å². The first-order valence-corrected chi connectivity index (χ1v) is 7.35. The molecule has 0 saturated carbocycles. The third kappa shape index (κ3) is 3.57. The molecule has 0 fully saturated rings. The highest BCUT2D eigenvalue weighted by atomic mass is 79.9. The summed E-state index contributed by atoms with van der Waals surface area (Å²) < 4.78 is 0.988. The Bertz CT molecular complexity index is 571. The maximum absolute atomic E-state index is 11.0. The number of nitrogens with one attached hydrogen (secondary N) is 1. The maximum atomic E-state index is 11.0. The Labute approximate surface area is 123 Å². The number of aromatic nitrogens is 3. The fourth-order valence-corrected chi connectivity index (χ4v) is 2.50. The molecule has 2 aromatic rings. The number of carbonyl (C=O) groups is 1. The van der Waals surface area contributed by atoms with Crippen LogP contribution in [-0.2, 0) is 4.79 Å². The molecule has 5 nitrogen and oxygen atoms in total. The average Bonchev–Trinajstić information content (AvgIpc) is 2.85. The number of thioether (sulfide) groups is 1. The molecule has 1 heterocycles. The van der Waals surface area contributed by atoms with Gasteiger partial charge in [-0.3, -0.25) is 9.89 Å². The number of hydrogen-bond acceptors (Lipinski definition) is 4. The van der Waals surface area contributed by atoms with Crippen LogP contribution in [-0.4, -0.2) is 31.5 Å². The molecule has 0 unspecified atom stereocenters. The van der Waals surface area contributed by atoms with E-state index >= 15 is 0 Å². The summed E-state index contributed by atoms with van der Waals surface area (Å²) >= 11 is 4.52. The lowest BCUT2D eigenvalue weighted by Crippen LogP contribution is -2.14. The highest BCUT2D eigenvalue weighted by Crippen LogP contribution is 2.25. The van der Waals surface area contributed by atoms with Crippen LogP contribution in [0.3, 0.4) is 0 Å². The second kappa shape index (κ2) is 6.21. The predicted octanol–water partition coefficient (Wildman–Crippen LogP) is 3.19. The number of nitrogens with zero attached hydrogens (tertiary/aromatic N) is 2. The van der Waals surface area contributed by atoms with Gasteiger partial charge in [0.25, 0.3) is 0 Å². The zero-order valence-corrected chi connectivity index (χ0v) is 12.5. The van der Waals surface area contributed by atoms with Crippen LogP contribution in [0.2, 0.25) is 0 Å². The second-order valence-corrected chi connectivity index (χ2v) is 5.91. The number of halogens is 1. The van der Waals surface area contributed by atoms with E-state index in [1.165, 1.54) is 0 Å². The molecule has 1 aromatic carbocycles. The Morgan fingerprint density at radius 2 is 2.16 bits per heavy atom. The van der Waals surface area contributed by atoms with Gasteiger partial charge in [0.05, 0.1) is 0 Å². The molecule has 0 amide bonds. The molecule has 2 rings (SSSR count). The number of benzene rings is 1. The van der Waals surface area contributed by atoms with Crippen molar-refractivity contribution in [3.05, 3.63) is 28.7 Å². The predicted molar refractivity (Wildman–Crippen MR) is 77.1 cm³/mol. The topological polar surface area (TPSA) is 78.9 Å². The molecule has 0 bridgehead atoms. The fourth-order valence-electron chi connectivity index (χ4n) is 1.47. The van der Waals surface area contributed by atoms with Crippen molar-refractivity contribution in [2.24, 2.45) is 0 Å². The zero-order chi connectivity index (χ0) is 13.8. The van der Waals surface area contributed by atoms with E-state index in [1.807, 2.05) is 31.2 Å². The van der Waals surface area contributed by atoms with E-state index in [1.54, 1.807) is 0 Å². The Hall–Kier alpha value is -1.34. The number of rotatable bonds is 5. The highest BCUT2D eigenvalue weighted by Gasteiger charge is 2.19. The standard InChI is InChI=1S/C12H12BrN3O2S/c1-2-9(11(17)18)19-12-14-10(15-16-12)7-3-5-8(13)6-4-7/h3-6,9H,2H2,1H3,(H,17,18)(H,14,15,16)/t9-/m0/s1. The Morgan fingerprint density at radius 1 is 1.47 bits per heavy atom. The van der Waals surface area contributed by atoms with Crippen molar-refractivity contribution in [3.63, 3.8) is 0 Å². The van der Waals surface area contributed by atoms with E-state index in [0.717, 1.165) is 21.8 Å². The molecule has 0 aliphatic heterocycles. The summed E-state index contributed by atoms with van der Waals surface area (Å²) in [7, 11) is 0. The van der Waals surface area contributed by atoms with Crippen LogP contribution in [0.1, 0.15) is 13.3 Å². The van der Waals surface area contributed by atoms with E-state index < -0.39 is 11.2 Å². The van der Waals surface area contributed by atoms with E-state index in [0.29, 0.717) is 17.4 Å². The first kappa shape index (κ1) is 14.1. The molecular weight excluding hydrogens is 330 g/mol. The van der Waals surface area contributed by atoms with Crippen molar-refractivity contribution < 1.29 is 9.90 Å². The minimum atomic E-state index is -0.845. The molecule has 7 heteroatoms. The molecule has 1 atom stereocenters. The van der Waals surface area contributed by atoms with Crippen LogP contribution in [0.25, 0.3) is 11.4 Å². The SMILES string of the molecule is CC[C@H](Sc1n[nH]c(-c2ccc(Br)cc2)n1)C(=O)O. The summed E-state index contributed by atoms with van der Waals surface area (Å²) in [5, 5.41) is 15.8. The lowest BCUT2D eigenvalue weighted by molar-refractivity contribution is -0.136. The zero-order valence-electron chi connectivity index (χ0n) is 10.1. The summed E-state index contributed by atoms with van der Waals surface area (Å²) in [5.41, 5.74) is 0.908. The molecule has 2 N–H and O–H groups in total. The van der Waals surface area contributed by atoms with Crippen molar-refractivity contribution >= 4 is 33.7 Å². The molecule has 19 heavy (non-hydrogen) atoms. The molecular formula is C12H12BrN3O2S. The minimum Gasteiger partial charge on any atom is -0.480 e. The summed E-state index contributed by atoms with van der Waals surface area (Å²) in [6, 6.07) is 7.65. The van der Waals surface area contributed by atoms with E-state index in [2.05, 4.69) is 31.1 Å². The van der Waals surface area contributed by atoms with Crippen LogP contribution in [0.4, 0.5) is 0 Å². The number of carboxylic acid groups (broad SMARTS) is 1. The molecule has 0 spiro atoms. The van der Waals surface area contributed by atoms with Gasteiger partial charge in [0.15, 0.2) is 5.82 Å². The van der Waals surface area contributed by atoms with Crippen molar-refractivity contribution in [2.45, 2.75) is 23.8 Å². The smallest absolute Gasteiger partial charge is 0.317 e. The second-order valence-electron chi connectivity index (χ2n) is 3.83. The largest absolute Gasteiger partial charge is 0.480 e. The van der Waals surface area contributed by atoms with Gasteiger partial charge in [-0.25, -0.2) is 4.98 Å². The Balaban J connectivity index is 2.15. The fraction of sp³-hybridized carbons (Fsp3) is 0.250. The molecule has 0 aliphatic rings. The monoisotopic (exact) mass is 341 g/mol. The van der Waals surface area contributed by atoms with Crippen LogP contribution >= 0.6 is 27.7 Å². The van der Waals surface area contributed by atoms with E-state index in [4.69, 9.17) is 5.11 Å². The molecule has 100 valence electrons. The van der Waals surface area contributed by atoms with E-state index in [-0.39, 0.29) is 0 Å². The number of aliphatic carboxylic acids is 1. The number of carboxylic acids is 1. The average molecular weight is 342 g/mol. The summed E-state index contributed by atoms with van der Waals surface area (Å²) in [6.45, 7) is 1.83. The van der Waals surface area contributed by atoms with Gasteiger partial charge in [0.2, 0.25) is 5.16 Å². The summed E-state index contributed by atoms with van der Waals surface area (Å²) in [6.07, 6.45) is 0.530. The quantitative estimate of drug-likeness (QED) is 0.816. The van der Waals surface area contributed by atoms with Crippen LogP contribution in [0.5, 0.6) is 0 Å². The van der Waals surface area contributed by atoms with Crippen LogP contribution in [0, 0.1) is 0 Å². The number of hydrogen-bond donors (Lipinski definition) is 2. The molecule has 0 radical (unpaired) electrons. The molecule has 0 aliphatic carbocycles. The molecule has 1 aromatic heterocycles. The third-order valence-electron chi connectivity index (χ3n) is 2.48. The summed E-state index contributed by atoms with van der Waals surface area (Å²) in [4.78, 5) is 15.3. The maximum Gasteiger partial charge on any atom is 0.317 e. The normalized spacial score (nSPS) is 12.3. The van der Waals surface area contributed by atoms with Gasteiger partial charge in [0, 0.05) is 10.0 Å². The number of aromatic amines is 1. The highest BCUT2D eigenvalue weighted by molar-refractivity contribution is 9.10. The Kier molecular flexibility index (Phi) is 4.60. The number of H-pyrrole nitrogens is 1. The lowest BCUT2D eigenvalue weighted by atomic mass is 10.2. The van der Waals surface area contributed by atoms with Crippen LogP contribution < -0.4 is 0 Å². The first-order chi connectivity index (χ1) is 9.10. The van der Waals surface area contributed by atoms with Gasteiger partial charge in [-0.1, -0.05) is 46.7 Å².